The van der Waals surface area contributed by atoms with Gasteiger partial charge in [0.1, 0.15) is 0 Å². The molecule has 4 heteroatoms. The Hall–Kier alpha value is -0.980. The molecule has 0 heterocycles. The van der Waals surface area contributed by atoms with E-state index in [-0.39, 0.29) is 0 Å². The van der Waals surface area contributed by atoms with Crippen molar-refractivity contribution in [3.8, 4) is 6.07 Å². The first-order valence-corrected chi connectivity index (χ1v) is 2.77. The van der Waals surface area contributed by atoms with Crippen molar-refractivity contribution in [2.24, 2.45) is 5.92 Å². The normalized spacial score (nSPS) is 12.7. The molecule has 0 N–H and O–H groups in total. The second-order valence-corrected chi connectivity index (χ2v) is 1.92. The number of Topliss-reactive ketones (excluding diaryl/α,β-unsaturated/α-hetero) is 1. The van der Waals surface area contributed by atoms with Crippen LogP contribution in [-0.4, -0.2) is 12.2 Å². The van der Waals surface area contributed by atoms with Crippen molar-refractivity contribution in [2.75, 3.05) is 0 Å². The number of hydrogen-bond donors (Lipinski definition) is 0. The van der Waals surface area contributed by atoms with Gasteiger partial charge in [-0.3, -0.25) is 4.79 Å². The highest BCUT2D eigenvalue weighted by Crippen LogP contribution is 2.10. The van der Waals surface area contributed by atoms with Crippen molar-refractivity contribution >= 4 is 5.78 Å². The van der Waals surface area contributed by atoms with Gasteiger partial charge >= 0.3 is 0 Å². The second kappa shape index (κ2) is 3.94. The van der Waals surface area contributed by atoms with E-state index in [1.54, 1.807) is 0 Å². The molecule has 0 aliphatic heterocycles. The maximum absolute atomic E-state index is 11.7. The van der Waals surface area contributed by atoms with E-state index in [9.17, 15) is 13.6 Å². The van der Waals surface area contributed by atoms with Gasteiger partial charge in [-0.05, 0) is 6.92 Å². The third-order valence-electron chi connectivity index (χ3n) is 1.14. The van der Waals surface area contributed by atoms with Crippen LogP contribution in [0.5, 0.6) is 0 Å². The zero-order valence-electron chi connectivity index (χ0n) is 5.47. The zero-order valence-corrected chi connectivity index (χ0v) is 5.47. The summed E-state index contributed by atoms with van der Waals surface area (Å²) in [5.74, 6) is -2.00. The van der Waals surface area contributed by atoms with Crippen LogP contribution in [0.15, 0.2) is 0 Å². The Kier molecular flexibility index (Phi) is 3.55. The number of nitriles is 1. The third-order valence-corrected chi connectivity index (χ3v) is 1.14. The average molecular weight is 147 g/mol. The van der Waals surface area contributed by atoms with Crippen molar-refractivity contribution < 1.29 is 13.6 Å². The number of alkyl halides is 2. The van der Waals surface area contributed by atoms with E-state index in [0.29, 0.717) is 0 Å². The van der Waals surface area contributed by atoms with E-state index >= 15 is 0 Å². The van der Waals surface area contributed by atoms with Crippen LogP contribution in [0.3, 0.4) is 0 Å². The summed E-state index contributed by atoms with van der Waals surface area (Å²) in [6, 6.07) is 1.52. The fraction of sp³-hybridized carbons (Fsp3) is 0.667. The molecule has 56 valence electrons. The minimum atomic E-state index is -2.65. The molecular formula is C6H7F2NO. The fourth-order valence-corrected chi connectivity index (χ4v) is 0.379. The molecule has 0 amide bonds. The molecule has 0 rings (SSSR count). The Morgan fingerprint density at radius 1 is 1.70 bits per heavy atom. The summed E-state index contributed by atoms with van der Waals surface area (Å²) in [7, 11) is 0. The zero-order chi connectivity index (χ0) is 8.15. The van der Waals surface area contributed by atoms with Gasteiger partial charge < -0.3 is 0 Å². The maximum Gasteiger partial charge on any atom is 0.248 e. The van der Waals surface area contributed by atoms with Crippen LogP contribution in [-0.2, 0) is 4.79 Å². The number of nitrogens with zero attached hydrogens (tertiary/aromatic N) is 1. The van der Waals surface area contributed by atoms with E-state index in [0.717, 1.165) is 6.92 Å². The number of halogens is 2. The van der Waals surface area contributed by atoms with Crippen LogP contribution in [0, 0.1) is 17.2 Å². The van der Waals surface area contributed by atoms with Gasteiger partial charge in [0.25, 0.3) is 0 Å². The van der Waals surface area contributed by atoms with Gasteiger partial charge in [0.2, 0.25) is 6.43 Å². The van der Waals surface area contributed by atoms with E-state index in [2.05, 4.69) is 0 Å². The molecule has 1 unspecified atom stereocenters. The summed E-state index contributed by atoms with van der Waals surface area (Å²) < 4.78 is 23.3. The minimum Gasteiger partial charge on any atom is -0.298 e. The lowest BCUT2D eigenvalue weighted by molar-refractivity contribution is -0.125. The highest BCUT2D eigenvalue weighted by Gasteiger charge is 2.21. The van der Waals surface area contributed by atoms with Gasteiger partial charge in [-0.15, -0.1) is 0 Å². The number of carbonyl (C=O) groups excluding carboxylic acids is 1. The van der Waals surface area contributed by atoms with Crippen molar-refractivity contribution in [2.45, 2.75) is 19.8 Å². The van der Waals surface area contributed by atoms with Crippen molar-refractivity contribution in [1.82, 2.24) is 0 Å². The molecule has 0 aromatic rings. The molecule has 0 bridgehead atoms. The molecule has 0 aliphatic rings. The fourth-order valence-electron chi connectivity index (χ4n) is 0.379. The van der Waals surface area contributed by atoms with Crippen LogP contribution in [0.2, 0.25) is 0 Å². The molecule has 1 atom stereocenters. The van der Waals surface area contributed by atoms with Gasteiger partial charge in [0, 0.05) is 0 Å². The van der Waals surface area contributed by atoms with E-state index in [4.69, 9.17) is 5.26 Å². The van der Waals surface area contributed by atoms with Crippen LogP contribution >= 0.6 is 0 Å². The molecule has 0 spiro atoms. The van der Waals surface area contributed by atoms with E-state index in [1.807, 2.05) is 0 Å². The molecule has 0 fully saturated rings. The molecule has 0 radical (unpaired) electrons. The quantitative estimate of drug-likeness (QED) is 0.604. The first kappa shape index (κ1) is 9.02. The topological polar surface area (TPSA) is 40.9 Å². The Morgan fingerprint density at radius 2 is 2.20 bits per heavy atom. The summed E-state index contributed by atoms with van der Waals surface area (Å²) in [6.45, 7) is 1.12. The SMILES string of the molecule is CC(C(=O)CC#N)C(F)F. The first-order valence-electron chi connectivity index (χ1n) is 2.77. The van der Waals surface area contributed by atoms with Gasteiger partial charge in [-0.2, -0.15) is 5.26 Å². The van der Waals surface area contributed by atoms with Gasteiger partial charge in [-0.1, -0.05) is 0 Å². The molecule has 0 aromatic heterocycles. The Bertz CT molecular complexity index is 162. The Balaban J connectivity index is 3.85. The predicted octanol–water partition coefficient (Wildman–Crippen LogP) is 1.37. The summed E-state index contributed by atoms with van der Waals surface area (Å²) >= 11 is 0. The van der Waals surface area contributed by atoms with E-state index in [1.165, 1.54) is 6.07 Å². The number of carbonyl (C=O) groups is 1. The van der Waals surface area contributed by atoms with Crippen molar-refractivity contribution in [3.63, 3.8) is 0 Å². The average Bonchev–Trinajstić information content (AvgIpc) is 1.87. The monoisotopic (exact) mass is 147 g/mol. The predicted molar refractivity (Wildman–Crippen MR) is 30.4 cm³/mol. The molecule has 0 aromatic carbocycles. The number of rotatable bonds is 3. The van der Waals surface area contributed by atoms with Crippen LogP contribution in [0.25, 0.3) is 0 Å². The standard InChI is InChI=1S/C6H7F2NO/c1-4(6(7)8)5(10)2-3-9/h4,6H,2H2,1H3. The van der Waals surface area contributed by atoms with Gasteiger partial charge in [0.15, 0.2) is 5.78 Å². The number of ketones is 1. The summed E-state index contributed by atoms with van der Waals surface area (Å²) in [4.78, 5) is 10.5. The van der Waals surface area contributed by atoms with Crippen molar-refractivity contribution in [3.05, 3.63) is 0 Å². The lowest BCUT2D eigenvalue weighted by Crippen LogP contribution is -2.17. The molecule has 0 saturated heterocycles. The molecular weight excluding hydrogens is 140 g/mol. The van der Waals surface area contributed by atoms with Crippen LogP contribution in [0.1, 0.15) is 13.3 Å². The second-order valence-electron chi connectivity index (χ2n) is 1.92. The molecule has 2 nitrogen and oxygen atoms in total. The molecule has 10 heavy (non-hydrogen) atoms. The Morgan fingerprint density at radius 3 is 2.50 bits per heavy atom. The molecule has 0 saturated carbocycles. The lowest BCUT2D eigenvalue weighted by Gasteiger charge is -2.04. The Labute approximate surface area is 57.4 Å². The summed E-state index contributed by atoms with van der Waals surface area (Å²) in [5.41, 5.74) is 0. The number of hydrogen-bond acceptors (Lipinski definition) is 2. The van der Waals surface area contributed by atoms with Gasteiger partial charge in [-0.25, -0.2) is 8.78 Å². The largest absolute Gasteiger partial charge is 0.298 e. The van der Waals surface area contributed by atoms with Gasteiger partial charge in [0.05, 0.1) is 18.4 Å². The highest BCUT2D eigenvalue weighted by molar-refractivity contribution is 5.82. The van der Waals surface area contributed by atoms with Crippen LogP contribution in [0.4, 0.5) is 8.78 Å². The maximum atomic E-state index is 11.7. The van der Waals surface area contributed by atoms with Crippen LogP contribution < -0.4 is 0 Å². The molecule has 0 aliphatic carbocycles. The smallest absolute Gasteiger partial charge is 0.248 e. The highest BCUT2D eigenvalue weighted by atomic mass is 19.3. The summed E-state index contributed by atoms with van der Waals surface area (Å²) in [5, 5.41) is 7.95. The lowest BCUT2D eigenvalue weighted by atomic mass is 10.1. The van der Waals surface area contributed by atoms with Crippen molar-refractivity contribution in [1.29, 1.82) is 5.26 Å². The minimum absolute atomic E-state index is 0.425. The first-order chi connectivity index (χ1) is 4.59. The summed E-state index contributed by atoms with van der Waals surface area (Å²) in [6.07, 6.45) is -3.08. The van der Waals surface area contributed by atoms with E-state index < -0.39 is 24.5 Å². The third kappa shape index (κ3) is 2.53.